The summed E-state index contributed by atoms with van der Waals surface area (Å²) in [4.78, 5) is 10.9. The minimum atomic E-state index is -0.734. The zero-order chi connectivity index (χ0) is 10.0. The number of carbonyl (C=O) groups excluding carboxylic acids is 1. The van der Waals surface area contributed by atoms with Gasteiger partial charge in [0.05, 0.1) is 0 Å². The molecular formula is C8H6BiF2O2. The van der Waals surface area contributed by atoms with Crippen molar-refractivity contribution in [3.05, 3.63) is 34.9 Å². The van der Waals surface area contributed by atoms with Gasteiger partial charge in [-0.05, 0) is 0 Å². The summed E-state index contributed by atoms with van der Waals surface area (Å²) in [6, 6.07) is 1.94. The van der Waals surface area contributed by atoms with Crippen LogP contribution < -0.4 is 0 Å². The monoisotopic (exact) mass is 381 g/mol. The molecular weight excluding hydrogens is 375 g/mol. The van der Waals surface area contributed by atoms with Crippen molar-refractivity contribution in [1.29, 1.82) is 0 Å². The summed E-state index contributed by atoms with van der Waals surface area (Å²) in [5, 5.41) is 0. The van der Waals surface area contributed by atoms with Crippen LogP contribution in [-0.4, -0.2) is 31.1 Å². The average Bonchev–Trinajstić information content (AvgIpc) is 2.12. The van der Waals surface area contributed by atoms with E-state index in [0.717, 1.165) is 12.1 Å². The first-order valence-corrected chi connectivity index (χ1v) is 4.98. The van der Waals surface area contributed by atoms with Gasteiger partial charge in [0.15, 0.2) is 0 Å². The van der Waals surface area contributed by atoms with Crippen molar-refractivity contribution in [3.8, 4) is 0 Å². The van der Waals surface area contributed by atoms with Crippen molar-refractivity contribution in [2.24, 2.45) is 0 Å². The van der Waals surface area contributed by atoms with Gasteiger partial charge in [0.2, 0.25) is 0 Å². The first-order chi connectivity index (χ1) is 6.06. The van der Waals surface area contributed by atoms with Crippen molar-refractivity contribution >= 4 is 31.1 Å². The normalized spacial score (nSPS) is 9.85. The molecule has 0 aliphatic carbocycles. The Morgan fingerprint density at radius 3 is 2.23 bits per heavy atom. The Morgan fingerprint density at radius 1 is 1.38 bits per heavy atom. The number of carbonyl (C=O) groups is 1. The van der Waals surface area contributed by atoms with Gasteiger partial charge >= 0.3 is 89.3 Å². The SMILES string of the molecule is Cc1c(F)cc(C(=O)[O][BiH])cc1F. The number of rotatable bonds is 1. The molecule has 5 heteroatoms. The average molecular weight is 381 g/mol. The molecule has 0 N–H and O–H groups in total. The van der Waals surface area contributed by atoms with Gasteiger partial charge in [-0.2, -0.15) is 0 Å². The van der Waals surface area contributed by atoms with E-state index < -0.39 is 17.6 Å². The van der Waals surface area contributed by atoms with Crippen LogP contribution in [0.5, 0.6) is 0 Å². The van der Waals surface area contributed by atoms with Crippen LogP contribution in [0.3, 0.4) is 0 Å². The van der Waals surface area contributed by atoms with Crippen LogP contribution in [0.1, 0.15) is 15.9 Å². The fourth-order valence-electron chi connectivity index (χ4n) is 0.822. The second kappa shape index (κ2) is 4.09. The third-order valence-electron chi connectivity index (χ3n) is 1.61. The van der Waals surface area contributed by atoms with E-state index in [4.69, 9.17) is 0 Å². The van der Waals surface area contributed by atoms with Crippen molar-refractivity contribution < 1.29 is 16.4 Å². The molecule has 0 unspecified atom stereocenters. The second-order valence-corrected chi connectivity index (χ2v) is 3.25. The fraction of sp³-hybridized carbons (Fsp3) is 0.125. The third-order valence-corrected chi connectivity index (χ3v) is 2.33. The van der Waals surface area contributed by atoms with Crippen LogP contribution in [0.2, 0.25) is 0 Å². The van der Waals surface area contributed by atoms with Gasteiger partial charge in [0.25, 0.3) is 0 Å². The third kappa shape index (κ3) is 2.21. The van der Waals surface area contributed by atoms with E-state index in [0.29, 0.717) is 0 Å². The molecule has 0 bridgehead atoms. The molecule has 69 valence electrons. The van der Waals surface area contributed by atoms with Gasteiger partial charge in [-0.25, -0.2) is 0 Å². The van der Waals surface area contributed by atoms with Crippen LogP contribution in [0, 0.1) is 18.6 Å². The van der Waals surface area contributed by atoms with E-state index >= 15 is 0 Å². The van der Waals surface area contributed by atoms with Crippen LogP contribution in [0.25, 0.3) is 0 Å². The Kier molecular flexibility index (Phi) is 3.31. The maximum absolute atomic E-state index is 12.9. The minimum absolute atomic E-state index is 0.0874. The van der Waals surface area contributed by atoms with Gasteiger partial charge in [-0.3, -0.25) is 0 Å². The van der Waals surface area contributed by atoms with Crippen LogP contribution in [0.4, 0.5) is 8.78 Å². The molecule has 0 amide bonds. The molecule has 0 aliphatic rings. The Bertz CT molecular complexity index is 329. The Hall–Kier alpha value is -0.567. The van der Waals surface area contributed by atoms with Gasteiger partial charge in [-0.1, -0.05) is 0 Å². The van der Waals surface area contributed by atoms with Crippen molar-refractivity contribution in [2.75, 3.05) is 0 Å². The molecule has 1 rings (SSSR count). The topological polar surface area (TPSA) is 26.3 Å². The molecule has 0 aromatic heterocycles. The molecule has 1 aromatic carbocycles. The molecule has 0 spiro atoms. The van der Waals surface area contributed by atoms with Gasteiger partial charge < -0.3 is 0 Å². The molecule has 0 saturated heterocycles. The first-order valence-electron chi connectivity index (χ1n) is 3.40. The quantitative estimate of drug-likeness (QED) is 0.685. The number of hydrogen-bond donors (Lipinski definition) is 0. The second-order valence-electron chi connectivity index (χ2n) is 2.45. The summed E-state index contributed by atoms with van der Waals surface area (Å²) in [5.74, 6) is -2.16. The van der Waals surface area contributed by atoms with Crippen molar-refractivity contribution in [1.82, 2.24) is 0 Å². The number of hydrogen-bond acceptors (Lipinski definition) is 2. The summed E-state index contributed by atoms with van der Waals surface area (Å²) in [7, 11) is 0. The molecule has 0 aliphatic heterocycles. The molecule has 1 radical (unpaired) electrons. The number of halogens is 2. The summed E-state index contributed by atoms with van der Waals surface area (Å²) < 4.78 is 30.3. The van der Waals surface area contributed by atoms with E-state index in [1.807, 2.05) is 0 Å². The summed E-state index contributed by atoms with van der Waals surface area (Å²) in [6.07, 6.45) is 0. The molecule has 0 saturated carbocycles. The standard InChI is InChI=1S/C8H6F2O2.Bi.H/c1-4-6(9)2-5(8(11)12)3-7(4)10;;/h2-3H,1H3,(H,11,12);;/q;+1;/p-1. The van der Waals surface area contributed by atoms with Gasteiger partial charge in [0, 0.05) is 0 Å². The van der Waals surface area contributed by atoms with E-state index in [1.165, 1.54) is 6.92 Å². The van der Waals surface area contributed by atoms with Crippen molar-refractivity contribution in [2.45, 2.75) is 6.92 Å². The van der Waals surface area contributed by atoms with E-state index in [1.54, 1.807) is 0 Å². The molecule has 1 aromatic rings. The molecule has 0 heterocycles. The van der Waals surface area contributed by atoms with E-state index in [-0.39, 0.29) is 36.3 Å². The molecule has 13 heavy (non-hydrogen) atoms. The molecule has 2 nitrogen and oxygen atoms in total. The molecule has 0 fully saturated rings. The zero-order valence-corrected chi connectivity index (χ0v) is 10.6. The summed E-state index contributed by atoms with van der Waals surface area (Å²) in [5.41, 5.74) is -0.180. The van der Waals surface area contributed by atoms with Crippen molar-refractivity contribution in [3.63, 3.8) is 0 Å². The van der Waals surface area contributed by atoms with Gasteiger partial charge in [-0.15, -0.1) is 0 Å². The molecule has 0 atom stereocenters. The van der Waals surface area contributed by atoms with E-state index in [2.05, 4.69) is 2.81 Å². The van der Waals surface area contributed by atoms with Gasteiger partial charge in [0.1, 0.15) is 0 Å². The Morgan fingerprint density at radius 2 is 1.85 bits per heavy atom. The van der Waals surface area contributed by atoms with Crippen LogP contribution in [0.15, 0.2) is 12.1 Å². The predicted molar refractivity (Wildman–Crippen MR) is 43.7 cm³/mol. The number of benzene rings is 1. The van der Waals surface area contributed by atoms with Crippen LogP contribution >= 0.6 is 0 Å². The van der Waals surface area contributed by atoms with E-state index in [9.17, 15) is 13.6 Å². The Balaban J connectivity index is 3.20. The maximum atomic E-state index is 12.9. The Labute approximate surface area is 89.4 Å². The fourth-order valence-corrected chi connectivity index (χ4v) is 1.28. The van der Waals surface area contributed by atoms with Crippen LogP contribution in [-0.2, 0) is 2.81 Å². The summed E-state index contributed by atoms with van der Waals surface area (Å²) in [6.45, 7) is 1.31. The predicted octanol–water partition coefficient (Wildman–Crippen LogP) is 1.25. The zero-order valence-electron chi connectivity index (χ0n) is 6.73. The first kappa shape index (κ1) is 10.5. The summed E-state index contributed by atoms with van der Waals surface area (Å²) >= 11 is 0.207.